The average molecular weight is 232 g/mol. The van der Waals surface area contributed by atoms with Crippen LogP contribution >= 0.6 is 11.3 Å². The summed E-state index contributed by atoms with van der Waals surface area (Å²) in [6.45, 7) is 1.59. The summed E-state index contributed by atoms with van der Waals surface area (Å²) >= 11 is 1.65. The van der Waals surface area contributed by atoms with Crippen LogP contribution in [0, 0.1) is 0 Å². The van der Waals surface area contributed by atoms with E-state index in [2.05, 4.69) is 9.97 Å². The Balaban J connectivity index is 2.17. The van der Waals surface area contributed by atoms with E-state index < -0.39 is 0 Å². The van der Waals surface area contributed by atoms with Gasteiger partial charge in [0.2, 0.25) is 0 Å². The van der Waals surface area contributed by atoms with Crippen LogP contribution in [0.5, 0.6) is 0 Å². The predicted molar refractivity (Wildman–Crippen MR) is 64.3 cm³/mol. The number of hydrogen-bond acceptors (Lipinski definition) is 4. The van der Waals surface area contributed by atoms with Crippen molar-refractivity contribution < 1.29 is 4.79 Å². The highest BCUT2D eigenvalue weighted by Crippen LogP contribution is 2.22. The maximum absolute atomic E-state index is 10.9. The zero-order chi connectivity index (χ0) is 11.4. The maximum Gasteiger partial charge on any atom is 0.130 e. The van der Waals surface area contributed by atoms with Crippen molar-refractivity contribution in [3.05, 3.63) is 35.6 Å². The Hall–Kier alpha value is -1.55. The fraction of sp³-hybridized carbons (Fsp3) is 0.250. The monoisotopic (exact) mass is 232 g/mol. The molecule has 0 fully saturated rings. The van der Waals surface area contributed by atoms with Gasteiger partial charge in [0.15, 0.2) is 0 Å². The molecule has 3 nitrogen and oxygen atoms in total. The number of carbonyl (C=O) groups is 1. The zero-order valence-electron chi connectivity index (χ0n) is 9.01. The summed E-state index contributed by atoms with van der Waals surface area (Å²) in [5.74, 6) is 0.909. The molecule has 0 bridgehead atoms. The highest BCUT2D eigenvalue weighted by atomic mass is 32.1. The van der Waals surface area contributed by atoms with Crippen LogP contribution in [0.1, 0.15) is 19.2 Å². The van der Waals surface area contributed by atoms with Crippen LogP contribution in [-0.2, 0) is 11.2 Å². The Morgan fingerprint density at radius 2 is 2.31 bits per heavy atom. The number of carbonyl (C=O) groups excluding carboxylic acids is 1. The van der Waals surface area contributed by atoms with E-state index in [0.29, 0.717) is 12.8 Å². The van der Waals surface area contributed by atoms with Crippen LogP contribution in [0.4, 0.5) is 0 Å². The first kappa shape index (κ1) is 11.0. The summed E-state index contributed by atoms with van der Waals surface area (Å²) in [7, 11) is 0. The minimum absolute atomic E-state index is 0.171. The lowest BCUT2D eigenvalue weighted by molar-refractivity contribution is -0.117. The molecule has 82 valence electrons. The van der Waals surface area contributed by atoms with Gasteiger partial charge in [-0.3, -0.25) is 0 Å². The minimum atomic E-state index is 0.171. The van der Waals surface area contributed by atoms with Crippen molar-refractivity contribution >= 4 is 17.1 Å². The van der Waals surface area contributed by atoms with Gasteiger partial charge in [0.05, 0.1) is 10.6 Å². The van der Waals surface area contributed by atoms with Crippen molar-refractivity contribution in [2.45, 2.75) is 19.8 Å². The molecule has 0 atom stereocenters. The van der Waals surface area contributed by atoms with Crippen LogP contribution in [0.2, 0.25) is 0 Å². The minimum Gasteiger partial charge on any atom is -0.300 e. The number of Topliss-reactive ketones (excluding diaryl/α,β-unsaturated/α-hetero) is 1. The summed E-state index contributed by atoms with van der Waals surface area (Å²) in [5.41, 5.74) is 0.934. The molecule has 0 saturated carbocycles. The Bertz CT molecular complexity index is 480. The van der Waals surface area contributed by atoms with Gasteiger partial charge in [-0.2, -0.15) is 0 Å². The van der Waals surface area contributed by atoms with Crippen molar-refractivity contribution in [3.63, 3.8) is 0 Å². The van der Waals surface area contributed by atoms with E-state index in [1.807, 2.05) is 23.6 Å². The topological polar surface area (TPSA) is 42.9 Å². The maximum atomic E-state index is 10.9. The number of nitrogens with zero attached hydrogens (tertiary/aromatic N) is 2. The molecule has 4 heteroatoms. The first-order valence-corrected chi connectivity index (χ1v) is 5.99. The van der Waals surface area contributed by atoms with Crippen molar-refractivity contribution in [2.75, 3.05) is 0 Å². The van der Waals surface area contributed by atoms with Crippen LogP contribution in [0.25, 0.3) is 10.6 Å². The van der Waals surface area contributed by atoms with E-state index in [1.165, 1.54) is 0 Å². The standard InChI is InChI=1S/C12H12N2OS/c1-9(15)4-5-12-13-7-6-10(14-12)11-3-2-8-16-11/h2-3,6-8H,4-5H2,1H3. The van der Waals surface area contributed by atoms with E-state index in [-0.39, 0.29) is 5.78 Å². The largest absolute Gasteiger partial charge is 0.300 e. The fourth-order valence-corrected chi connectivity index (χ4v) is 2.06. The molecule has 0 amide bonds. The third kappa shape index (κ3) is 2.73. The Labute approximate surface area is 98.2 Å². The number of aryl methyl sites for hydroxylation is 1. The average Bonchev–Trinajstić information content (AvgIpc) is 2.80. The molecule has 2 aromatic heterocycles. The second kappa shape index (κ2) is 4.99. The number of hydrogen-bond donors (Lipinski definition) is 0. The fourth-order valence-electron chi connectivity index (χ4n) is 1.37. The molecule has 2 aromatic rings. The zero-order valence-corrected chi connectivity index (χ0v) is 9.83. The molecule has 2 heterocycles. The van der Waals surface area contributed by atoms with E-state index in [9.17, 15) is 4.79 Å². The summed E-state index contributed by atoms with van der Waals surface area (Å²) < 4.78 is 0. The van der Waals surface area contributed by atoms with Crippen LogP contribution in [0.3, 0.4) is 0 Å². The Morgan fingerprint density at radius 3 is 3.00 bits per heavy atom. The summed E-state index contributed by atoms with van der Waals surface area (Å²) in [5, 5.41) is 2.02. The third-order valence-corrected chi connectivity index (χ3v) is 3.07. The lowest BCUT2D eigenvalue weighted by Crippen LogP contribution is -1.99. The van der Waals surface area contributed by atoms with Crippen LogP contribution in [0.15, 0.2) is 29.8 Å². The number of aromatic nitrogens is 2. The van der Waals surface area contributed by atoms with Crippen molar-refractivity contribution in [2.24, 2.45) is 0 Å². The van der Waals surface area contributed by atoms with E-state index >= 15 is 0 Å². The second-order valence-electron chi connectivity index (χ2n) is 3.54. The quantitative estimate of drug-likeness (QED) is 0.814. The van der Waals surface area contributed by atoms with Gasteiger partial charge < -0.3 is 4.79 Å². The first-order valence-electron chi connectivity index (χ1n) is 5.11. The molecule has 0 aliphatic carbocycles. The lowest BCUT2D eigenvalue weighted by atomic mass is 10.2. The van der Waals surface area contributed by atoms with Crippen LogP contribution in [-0.4, -0.2) is 15.8 Å². The second-order valence-corrected chi connectivity index (χ2v) is 4.49. The van der Waals surface area contributed by atoms with Crippen molar-refractivity contribution in [1.29, 1.82) is 0 Å². The number of rotatable bonds is 4. The molecule has 0 radical (unpaired) electrons. The summed E-state index contributed by atoms with van der Waals surface area (Å²) in [6.07, 6.45) is 2.87. The van der Waals surface area contributed by atoms with Gasteiger partial charge in [0, 0.05) is 19.0 Å². The molecular formula is C12H12N2OS. The SMILES string of the molecule is CC(=O)CCc1nccc(-c2cccs2)n1. The Kier molecular flexibility index (Phi) is 3.41. The molecule has 0 unspecified atom stereocenters. The van der Waals surface area contributed by atoms with Gasteiger partial charge in [-0.05, 0) is 24.4 Å². The Morgan fingerprint density at radius 1 is 1.44 bits per heavy atom. The lowest BCUT2D eigenvalue weighted by Gasteiger charge is -2.00. The third-order valence-electron chi connectivity index (χ3n) is 2.18. The molecule has 0 aliphatic rings. The molecule has 0 aromatic carbocycles. The van der Waals surface area contributed by atoms with Gasteiger partial charge in [-0.1, -0.05) is 6.07 Å². The van der Waals surface area contributed by atoms with Crippen molar-refractivity contribution in [3.8, 4) is 10.6 Å². The van der Waals surface area contributed by atoms with Crippen molar-refractivity contribution in [1.82, 2.24) is 9.97 Å². The highest BCUT2D eigenvalue weighted by Gasteiger charge is 2.04. The summed E-state index contributed by atoms with van der Waals surface area (Å²) in [4.78, 5) is 20.6. The summed E-state index contributed by atoms with van der Waals surface area (Å²) in [6, 6.07) is 5.92. The van der Waals surface area contributed by atoms with E-state index in [4.69, 9.17) is 0 Å². The molecule has 0 aliphatic heterocycles. The van der Waals surface area contributed by atoms with Gasteiger partial charge in [-0.25, -0.2) is 9.97 Å². The van der Waals surface area contributed by atoms with E-state index in [1.54, 1.807) is 24.5 Å². The molecule has 0 N–H and O–H groups in total. The van der Waals surface area contributed by atoms with Gasteiger partial charge in [0.25, 0.3) is 0 Å². The van der Waals surface area contributed by atoms with E-state index in [0.717, 1.165) is 16.4 Å². The smallest absolute Gasteiger partial charge is 0.130 e. The first-order chi connectivity index (χ1) is 7.75. The predicted octanol–water partition coefficient (Wildman–Crippen LogP) is 2.73. The molecule has 0 saturated heterocycles. The molecule has 2 rings (SSSR count). The normalized spacial score (nSPS) is 10.3. The molecule has 16 heavy (non-hydrogen) atoms. The van der Waals surface area contributed by atoms with Crippen LogP contribution < -0.4 is 0 Å². The van der Waals surface area contributed by atoms with Gasteiger partial charge >= 0.3 is 0 Å². The molecule has 0 spiro atoms. The number of thiophene rings is 1. The molecular weight excluding hydrogens is 220 g/mol. The highest BCUT2D eigenvalue weighted by molar-refractivity contribution is 7.13. The van der Waals surface area contributed by atoms with Gasteiger partial charge in [-0.15, -0.1) is 11.3 Å². The number of ketones is 1. The van der Waals surface area contributed by atoms with Gasteiger partial charge in [0.1, 0.15) is 11.6 Å².